The molecule has 2 aliphatic rings. The monoisotopic (exact) mass is 339 g/mol. The predicted molar refractivity (Wildman–Crippen MR) is 93.8 cm³/mol. The smallest absolute Gasteiger partial charge is 0.248 e. The Kier molecular flexibility index (Phi) is 4.33. The summed E-state index contributed by atoms with van der Waals surface area (Å²) >= 11 is 0. The Balaban J connectivity index is 1.56. The third-order valence-corrected chi connectivity index (χ3v) is 4.70. The highest BCUT2D eigenvalue weighted by Gasteiger charge is 2.21. The predicted octanol–water partition coefficient (Wildman–Crippen LogP) is 0.781. The van der Waals surface area contributed by atoms with Gasteiger partial charge in [0.15, 0.2) is 0 Å². The number of hydrogen-bond donors (Lipinski definition) is 1. The van der Waals surface area contributed by atoms with Gasteiger partial charge < -0.3 is 20.3 Å². The summed E-state index contributed by atoms with van der Waals surface area (Å²) in [5, 5.41) is 0. The summed E-state index contributed by atoms with van der Waals surface area (Å²) in [6, 6.07) is 4.24. The first-order valence-electron chi connectivity index (χ1n) is 8.48. The van der Waals surface area contributed by atoms with Crippen LogP contribution in [0, 0.1) is 0 Å². The van der Waals surface area contributed by atoms with Crippen molar-refractivity contribution in [3.05, 3.63) is 41.9 Å². The molecule has 0 unspecified atom stereocenters. The lowest BCUT2D eigenvalue weighted by Crippen LogP contribution is -2.40. The number of anilines is 1. The Hall–Kier alpha value is -2.51. The molecule has 2 N–H and O–H groups in total. The summed E-state index contributed by atoms with van der Waals surface area (Å²) in [6.45, 7) is 3.34. The molecule has 2 aromatic rings. The first-order chi connectivity index (χ1) is 12.2. The van der Waals surface area contributed by atoms with Crippen LogP contribution in [0.3, 0.4) is 0 Å². The van der Waals surface area contributed by atoms with Crippen molar-refractivity contribution in [1.82, 2.24) is 14.9 Å². The minimum absolute atomic E-state index is 0.0257. The van der Waals surface area contributed by atoms with Crippen LogP contribution in [0.25, 0.3) is 11.1 Å². The molecule has 2 aliphatic heterocycles. The minimum Gasteiger partial charge on any atom is -0.370 e. The van der Waals surface area contributed by atoms with Gasteiger partial charge in [-0.2, -0.15) is 0 Å². The lowest BCUT2D eigenvalue weighted by Gasteiger charge is -2.26. The number of pyridine rings is 2. The average molecular weight is 339 g/mol. The second kappa shape index (κ2) is 6.78. The van der Waals surface area contributed by atoms with E-state index in [9.17, 15) is 4.79 Å². The molecule has 0 atom stereocenters. The normalized spacial score (nSPS) is 17.1. The molecule has 4 rings (SSSR count). The topological polar surface area (TPSA) is 84.6 Å². The number of hydrogen-bond acceptors (Lipinski definition) is 6. The Morgan fingerprint density at radius 1 is 1.12 bits per heavy atom. The Morgan fingerprint density at radius 2 is 2.00 bits per heavy atom. The molecule has 0 saturated carbocycles. The van der Waals surface area contributed by atoms with Crippen molar-refractivity contribution in [1.29, 1.82) is 0 Å². The van der Waals surface area contributed by atoms with E-state index in [0.29, 0.717) is 26.4 Å². The molecule has 1 amide bonds. The first kappa shape index (κ1) is 16.0. The number of amides is 1. The highest BCUT2D eigenvalue weighted by atomic mass is 16.5. The molecule has 2 aromatic heterocycles. The van der Waals surface area contributed by atoms with Gasteiger partial charge in [-0.15, -0.1) is 0 Å². The van der Waals surface area contributed by atoms with Crippen molar-refractivity contribution in [3.8, 4) is 11.1 Å². The van der Waals surface area contributed by atoms with Crippen LogP contribution in [-0.2, 0) is 22.5 Å². The molecule has 0 aliphatic carbocycles. The lowest BCUT2D eigenvalue weighted by atomic mass is 10.1. The Bertz CT molecular complexity index is 795. The number of morpholine rings is 1. The number of fused-ring (bicyclic) bond motifs is 1. The SMILES string of the molecule is NCN1CCc2cc(-c3cncc(CN4CCOCC4=O)c3)cnc21. The van der Waals surface area contributed by atoms with Crippen LogP contribution in [0.1, 0.15) is 11.1 Å². The lowest BCUT2D eigenvalue weighted by molar-refractivity contribution is -0.143. The fourth-order valence-corrected chi connectivity index (χ4v) is 3.34. The van der Waals surface area contributed by atoms with Gasteiger partial charge in [-0.25, -0.2) is 4.98 Å². The molecule has 25 heavy (non-hydrogen) atoms. The molecular weight excluding hydrogens is 318 g/mol. The van der Waals surface area contributed by atoms with Gasteiger partial charge in [0, 0.05) is 49.4 Å². The molecule has 1 fully saturated rings. The Morgan fingerprint density at radius 3 is 2.84 bits per heavy atom. The average Bonchev–Trinajstić information content (AvgIpc) is 3.06. The van der Waals surface area contributed by atoms with Crippen LogP contribution >= 0.6 is 0 Å². The molecule has 0 aromatic carbocycles. The van der Waals surface area contributed by atoms with Crippen molar-refractivity contribution in [2.75, 3.05) is 37.9 Å². The zero-order chi connectivity index (χ0) is 17.2. The van der Waals surface area contributed by atoms with Gasteiger partial charge in [0.2, 0.25) is 5.91 Å². The first-order valence-corrected chi connectivity index (χ1v) is 8.48. The van der Waals surface area contributed by atoms with Crippen LogP contribution in [0.5, 0.6) is 0 Å². The van der Waals surface area contributed by atoms with E-state index in [2.05, 4.69) is 27.0 Å². The molecule has 0 spiro atoms. The maximum absolute atomic E-state index is 11.9. The molecule has 130 valence electrons. The second-order valence-electron chi connectivity index (χ2n) is 6.35. The summed E-state index contributed by atoms with van der Waals surface area (Å²) in [5.41, 5.74) is 10.0. The molecular formula is C18H21N5O2. The summed E-state index contributed by atoms with van der Waals surface area (Å²) in [7, 11) is 0. The fraction of sp³-hybridized carbons (Fsp3) is 0.389. The summed E-state index contributed by atoms with van der Waals surface area (Å²) in [5.74, 6) is 1.01. The fourth-order valence-electron chi connectivity index (χ4n) is 3.34. The second-order valence-corrected chi connectivity index (χ2v) is 6.35. The van der Waals surface area contributed by atoms with E-state index >= 15 is 0 Å². The standard InChI is InChI=1S/C18H21N5O2/c19-12-23-2-1-14-6-16(9-21-18(14)23)15-5-13(7-20-8-15)10-22-3-4-25-11-17(22)24/h5-9H,1-4,10-12,19H2. The van der Waals surface area contributed by atoms with Gasteiger partial charge in [0.1, 0.15) is 12.4 Å². The van der Waals surface area contributed by atoms with Crippen LogP contribution < -0.4 is 10.6 Å². The van der Waals surface area contributed by atoms with Gasteiger partial charge in [-0.1, -0.05) is 0 Å². The van der Waals surface area contributed by atoms with E-state index in [1.807, 2.05) is 23.5 Å². The van der Waals surface area contributed by atoms with Gasteiger partial charge in [0.05, 0.1) is 13.3 Å². The molecule has 4 heterocycles. The molecule has 1 saturated heterocycles. The van der Waals surface area contributed by atoms with Crippen LogP contribution in [0.15, 0.2) is 30.7 Å². The van der Waals surface area contributed by atoms with E-state index < -0.39 is 0 Å². The van der Waals surface area contributed by atoms with E-state index in [1.54, 1.807) is 0 Å². The highest BCUT2D eigenvalue weighted by Crippen LogP contribution is 2.29. The maximum atomic E-state index is 11.9. The van der Waals surface area contributed by atoms with Gasteiger partial charge in [0.25, 0.3) is 0 Å². The van der Waals surface area contributed by atoms with Crippen molar-refractivity contribution in [3.63, 3.8) is 0 Å². The maximum Gasteiger partial charge on any atom is 0.248 e. The minimum atomic E-state index is 0.0257. The zero-order valence-corrected chi connectivity index (χ0v) is 14.0. The highest BCUT2D eigenvalue weighted by molar-refractivity contribution is 5.78. The van der Waals surface area contributed by atoms with E-state index in [0.717, 1.165) is 35.5 Å². The van der Waals surface area contributed by atoms with Gasteiger partial charge in [-0.05, 0) is 29.7 Å². The summed E-state index contributed by atoms with van der Waals surface area (Å²) in [6.07, 6.45) is 6.48. The van der Waals surface area contributed by atoms with E-state index in [-0.39, 0.29) is 12.5 Å². The van der Waals surface area contributed by atoms with Crippen LogP contribution in [0.4, 0.5) is 5.82 Å². The van der Waals surface area contributed by atoms with E-state index in [1.165, 1.54) is 5.56 Å². The molecule has 7 heteroatoms. The largest absolute Gasteiger partial charge is 0.370 e. The molecule has 0 bridgehead atoms. The van der Waals surface area contributed by atoms with E-state index in [4.69, 9.17) is 10.5 Å². The number of carbonyl (C=O) groups is 1. The Labute approximate surface area is 146 Å². The third-order valence-electron chi connectivity index (χ3n) is 4.70. The zero-order valence-electron chi connectivity index (χ0n) is 14.0. The number of nitrogens with zero attached hydrogens (tertiary/aromatic N) is 4. The summed E-state index contributed by atoms with van der Waals surface area (Å²) < 4.78 is 5.18. The molecule has 0 radical (unpaired) electrons. The third kappa shape index (κ3) is 3.20. The van der Waals surface area contributed by atoms with Gasteiger partial charge in [-0.3, -0.25) is 9.78 Å². The quantitative estimate of drug-likeness (QED) is 0.886. The van der Waals surface area contributed by atoms with Crippen LogP contribution in [0.2, 0.25) is 0 Å². The number of nitrogens with two attached hydrogens (primary N) is 1. The van der Waals surface area contributed by atoms with Crippen molar-refractivity contribution < 1.29 is 9.53 Å². The van der Waals surface area contributed by atoms with Crippen molar-refractivity contribution in [2.24, 2.45) is 5.73 Å². The van der Waals surface area contributed by atoms with Gasteiger partial charge >= 0.3 is 0 Å². The van der Waals surface area contributed by atoms with Crippen LogP contribution in [-0.4, -0.2) is 53.7 Å². The number of rotatable bonds is 4. The number of carbonyl (C=O) groups excluding carboxylic acids is 1. The molecule has 7 nitrogen and oxygen atoms in total. The van der Waals surface area contributed by atoms with Crippen molar-refractivity contribution >= 4 is 11.7 Å². The number of aromatic nitrogens is 2. The number of ether oxygens (including phenoxy) is 1. The van der Waals surface area contributed by atoms with Crippen molar-refractivity contribution in [2.45, 2.75) is 13.0 Å². The summed E-state index contributed by atoms with van der Waals surface area (Å²) in [4.78, 5) is 24.7.